The summed E-state index contributed by atoms with van der Waals surface area (Å²) in [6, 6.07) is 0. The molecule has 0 spiro atoms. The lowest BCUT2D eigenvalue weighted by atomic mass is 9.84. The maximum absolute atomic E-state index is 14.6. The molecule has 5 atom stereocenters. The van der Waals surface area contributed by atoms with E-state index < -0.39 is 35.4 Å². The van der Waals surface area contributed by atoms with Crippen molar-refractivity contribution in [1.29, 1.82) is 0 Å². The Morgan fingerprint density at radius 3 is 2.26 bits per heavy atom. The van der Waals surface area contributed by atoms with Crippen molar-refractivity contribution in [3.63, 3.8) is 0 Å². The number of cyclic esters (lactones) is 1. The summed E-state index contributed by atoms with van der Waals surface area (Å²) in [6.45, 7) is 3.85. The van der Waals surface area contributed by atoms with Crippen molar-refractivity contribution in [2.45, 2.75) is 107 Å². The first kappa shape index (κ1) is 22.8. The van der Waals surface area contributed by atoms with Gasteiger partial charge in [0.15, 0.2) is 6.17 Å². The van der Waals surface area contributed by atoms with Crippen molar-refractivity contribution >= 4 is 17.9 Å². The Morgan fingerprint density at radius 2 is 1.67 bits per heavy atom. The van der Waals surface area contributed by atoms with Gasteiger partial charge in [-0.15, -0.1) is 11.8 Å². The number of hydrogen-bond donors (Lipinski definition) is 2. The zero-order chi connectivity index (χ0) is 19.9. The van der Waals surface area contributed by atoms with Crippen LogP contribution in [-0.4, -0.2) is 62.9 Å². The number of ether oxygens (including phenoxy) is 1. The van der Waals surface area contributed by atoms with E-state index in [1.165, 1.54) is 68.0 Å². The summed E-state index contributed by atoms with van der Waals surface area (Å²) in [5.74, 6) is 0.726. The Kier molecular flexibility index (Phi) is 9.16. The minimum Gasteiger partial charge on any atom is -0.447 e. The van der Waals surface area contributed by atoms with E-state index in [1.807, 2.05) is 0 Å². The monoisotopic (exact) mass is 405 g/mol. The van der Waals surface area contributed by atoms with Gasteiger partial charge in [-0.3, -0.25) is 4.90 Å². The number of alkyl halides is 1. The second-order valence-electron chi connectivity index (χ2n) is 8.10. The van der Waals surface area contributed by atoms with Gasteiger partial charge in [0.1, 0.15) is 29.7 Å². The Hall–Kier alpha value is -0.530. The molecular formula is C20H36FNO4S. The fraction of sp³-hybridized carbons (Fsp3) is 0.950. The van der Waals surface area contributed by atoms with Gasteiger partial charge in [-0.05, 0) is 19.1 Å². The molecule has 7 heteroatoms. The quantitative estimate of drug-likeness (QED) is 0.475. The van der Waals surface area contributed by atoms with Crippen molar-refractivity contribution in [2.75, 3.05) is 12.4 Å². The number of nitrogens with zero attached hydrogens (tertiary/aromatic N) is 1. The lowest BCUT2D eigenvalue weighted by Gasteiger charge is -2.48. The summed E-state index contributed by atoms with van der Waals surface area (Å²) in [6.07, 6.45) is 7.27. The number of hydrogen-bond acceptors (Lipinski definition) is 5. The van der Waals surface area contributed by atoms with Crippen LogP contribution in [0, 0.1) is 0 Å². The van der Waals surface area contributed by atoms with Crippen molar-refractivity contribution in [2.24, 2.45) is 0 Å². The molecule has 0 radical (unpaired) electrons. The van der Waals surface area contributed by atoms with Crippen LogP contribution in [0.4, 0.5) is 9.18 Å². The molecule has 1 amide bonds. The molecule has 2 N–H and O–H groups in total. The molecule has 158 valence electrons. The lowest BCUT2D eigenvalue weighted by molar-refractivity contribution is -0.134. The molecule has 2 saturated heterocycles. The molecule has 2 heterocycles. The van der Waals surface area contributed by atoms with Crippen LogP contribution in [0.2, 0.25) is 0 Å². The van der Waals surface area contributed by atoms with Crippen LogP contribution >= 0.6 is 11.8 Å². The minimum absolute atomic E-state index is 0.0217. The van der Waals surface area contributed by atoms with Crippen LogP contribution in [-0.2, 0) is 4.74 Å². The highest BCUT2D eigenvalue weighted by Gasteiger charge is 2.61. The fourth-order valence-corrected chi connectivity index (χ4v) is 5.42. The normalized spacial score (nSPS) is 33.2. The predicted molar refractivity (Wildman–Crippen MR) is 107 cm³/mol. The van der Waals surface area contributed by atoms with E-state index >= 15 is 0 Å². The van der Waals surface area contributed by atoms with Crippen LogP contribution in [0.5, 0.6) is 0 Å². The molecule has 0 bridgehead atoms. The smallest absolute Gasteiger partial charge is 0.411 e. The van der Waals surface area contributed by atoms with Gasteiger partial charge >= 0.3 is 6.09 Å². The summed E-state index contributed by atoms with van der Waals surface area (Å²) in [4.78, 5) is 13.4. The fourth-order valence-electron chi connectivity index (χ4n) is 3.99. The largest absolute Gasteiger partial charge is 0.447 e. The first-order valence-corrected chi connectivity index (χ1v) is 11.6. The number of fused-ring (bicyclic) bond motifs is 1. The van der Waals surface area contributed by atoms with Gasteiger partial charge < -0.3 is 14.9 Å². The average Bonchev–Trinajstić information content (AvgIpc) is 2.96. The molecule has 2 aliphatic heterocycles. The zero-order valence-corrected chi connectivity index (χ0v) is 17.6. The molecule has 27 heavy (non-hydrogen) atoms. The molecule has 2 rings (SSSR count). The zero-order valence-electron chi connectivity index (χ0n) is 16.7. The van der Waals surface area contributed by atoms with Gasteiger partial charge in [-0.2, -0.15) is 0 Å². The average molecular weight is 406 g/mol. The van der Waals surface area contributed by atoms with E-state index in [1.54, 1.807) is 6.92 Å². The second kappa shape index (κ2) is 10.9. The number of amides is 1. The molecular weight excluding hydrogens is 369 g/mol. The van der Waals surface area contributed by atoms with E-state index in [-0.39, 0.29) is 6.61 Å². The number of unbranched alkanes of at least 4 members (excludes halogenated alkanes) is 9. The van der Waals surface area contributed by atoms with Crippen molar-refractivity contribution in [3.05, 3.63) is 0 Å². The summed E-state index contributed by atoms with van der Waals surface area (Å²) < 4.78 is 19.6. The Balaban J connectivity index is 1.67. The third-order valence-corrected chi connectivity index (χ3v) is 7.17. The Labute approximate surface area is 167 Å². The maximum atomic E-state index is 14.6. The number of carbonyl (C=O) groups excluding carboxylic acids is 1. The Bertz CT molecular complexity index is 469. The van der Waals surface area contributed by atoms with Crippen molar-refractivity contribution in [3.8, 4) is 0 Å². The van der Waals surface area contributed by atoms with E-state index in [0.29, 0.717) is 0 Å². The summed E-state index contributed by atoms with van der Waals surface area (Å²) >= 11 is 1.35. The summed E-state index contributed by atoms with van der Waals surface area (Å²) in [5.41, 5.74) is -1.06. The number of piperidine rings is 1. The predicted octanol–water partition coefficient (Wildman–Crippen LogP) is 4.25. The first-order chi connectivity index (χ1) is 12.9. The summed E-state index contributed by atoms with van der Waals surface area (Å²) in [7, 11) is 0. The number of rotatable bonds is 12. The first-order valence-electron chi connectivity index (χ1n) is 10.5. The molecule has 0 aromatic rings. The van der Waals surface area contributed by atoms with Crippen LogP contribution < -0.4 is 0 Å². The van der Waals surface area contributed by atoms with Gasteiger partial charge in [0.2, 0.25) is 0 Å². The second-order valence-corrected chi connectivity index (χ2v) is 9.33. The van der Waals surface area contributed by atoms with E-state index in [9.17, 15) is 19.4 Å². The number of halogens is 1. The van der Waals surface area contributed by atoms with Crippen LogP contribution in [0.3, 0.4) is 0 Å². The number of aliphatic hydroxyl groups excluding tert-OH is 2. The molecule has 0 aliphatic carbocycles. The Morgan fingerprint density at radius 1 is 1.11 bits per heavy atom. The molecule has 5 nitrogen and oxygen atoms in total. The molecule has 2 fully saturated rings. The maximum Gasteiger partial charge on any atom is 0.411 e. The minimum atomic E-state index is -1.67. The lowest BCUT2D eigenvalue weighted by Crippen LogP contribution is -2.69. The highest BCUT2D eigenvalue weighted by atomic mass is 32.2. The molecule has 0 saturated carbocycles. The molecule has 0 aromatic heterocycles. The van der Waals surface area contributed by atoms with Gasteiger partial charge in [-0.1, -0.05) is 64.7 Å². The van der Waals surface area contributed by atoms with Gasteiger partial charge in [-0.25, -0.2) is 9.18 Å². The van der Waals surface area contributed by atoms with Crippen molar-refractivity contribution in [1.82, 2.24) is 4.90 Å². The topological polar surface area (TPSA) is 70.0 Å². The van der Waals surface area contributed by atoms with Gasteiger partial charge in [0.05, 0.1) is 0 Å². The van der Waals surface area contributed by atoms with Gasteiger partial charge in [0, 0.05) is 0 Å². The van der Waals surface area contributed by atoms with Gasteiger partial charge in [0.25, 0.3) is 0 Å². The SMILES string of the molecule is CCCCCCCCCCCCS[C@@H]1[C@@H](F)[C@@H](O)[C@H](O)[C@@]2(C)COC(=O)N12. The number of aliphatic hydroxyl groups is 2. The van der Waals surface area contributed by atoms with Crippen LogP contribution in [0.25, 0.3) is 0 Å². The number of carbonyl (C=O) groups is 1. The van der Waals surface area contributed by atoms with E-state index in [0.717, 1.165) is 18.6 Å². The third-order valence-electron chi connectivity index (χ3n) is 5.84. The van der Waals surface area contributed by atoms with E-state index in [4.69, 9.17) is 4.74 Å². The van der Waals surface area contributed by atoms with Crippen molar-refractivity contribution < 1.29 is 24.1 Å². The van der Waals surface area contributed by atoms with E-state index in [2.05, 4.69) is 6.92 Å². The molecule has 0 unspecified atom stereocenters. The molecule has 2 aliphatic rings. The summed E-state index contributed by atoms with van der Waals surface area (Å²) in [5, 5.41) is 19.5. The third kappa shape index (κ3) is 5.51. The molecule has 0 aromatic carbocycles. The highest BCUT2D eigenvalue weighted by Crippen LogP contribution is 2.42. The highest BCUT2D eigenvalue weighted by molar-refractivity contribution is 7.99. The number of thioether (sulfide) groups is 1. The standard InChI is InChI=1S/C20H36FNO4S/c1-3-4-5-6-7-8-9-10-11-12-13-27-18-15(21)16(23)17(24)20(2)14-26-19(25)22(18)20/h15-18,23-24H,3-14H2,1-2H3/t15-,16+,17-,18+,20+/m0/s1. The van der Waals surface area contributed by atoms with Crippen LogP contribution in [0.1, 0.15) is 78.1 Å². The van der Waals surface area contributed by atoms with Crippen LogP contribution in [0.15, 0.2) is 0 Å².